The van der Waals surface area contributed by atoms with Crippen LogP contribution in [0.15, 0.2) is 83.5 Å². The normalized spacial score (nSPS) is 11.2. The number of sulfonamides is 1. The van der Waals surface area contributed by atoms with Gasteiger partial charge in [0, 0.05) is 23.5 Å². The minimum atomic E-state index is -3.74. The number of nitrogens with zero attached hydrogens (tertiary/aromatic N) is 3. The Morgan fingerprint density at radius 3 is 2.53 bits per heavy atom. The molecule has 0 atom stereocenters. The van der Waals surface area contributed by atoms with Crippen molar-refractivity contribution in [2.45, 2.75) is 11.4 Å². The molecule has 152 valence electrons. The van der Waals surface area contributed by atoms with Gasteiger partial charge in [-0.1, -0.05) is 30.3 Å². The van der Waals surface area contributed by atoms with Crippen molar-refractivity contribution < 1.29 is 13.2 Å². The van der Waals surface area contributed by atoms with Crippen molar-refractivity contribution in [2.24, 2.45) is 0 Å². The molecule has 0 unspecified atom stereocenters. The lowest BCUT2D eigenvalue weighted by Gasteiger charge is -2.07. The molecule has 0 spiro atoms. The zero-order valence-electron chi connectivity index (χ0n) is 15.6. The van der Waals surface area contributed by atoms with E-state index in [0.717, 1.165) is 5.56 Å². The summed E-state index contributed by atoms with van der Waals surface area (Å²) in [6.07, 6.45) is 4.68. The largest absolute Gasteiger partial charge is 0.322 e. The molecular weight excluding hydrogens is 422 g/mol. The van der Waals surface area contributed by atoms with Crippen molar-refractivity contribution in [3.05, 3.63) is 89.7 Å². The van der Waals surface area contributed by atoms with E-state index in [2.05, 4.69) is 20.1 Å². The number of hydrogen-bond acceptors (Lipinski definition) is 6. The average molecular weight is 440 g/mol. The van der Waals surface area contributed by atoms with Crippen LogP contribution < -0.4 is 10.0 Å². The number of nitrogens with one attached hydrogen (secondary N) is 2. The highest BCUT2D eigenvalue weighted by atomic mass is 32.2. The fourth-order valence-electron chi connectivity index (χ4n) is 2.71. The van der Waals surface area contributed by atoms with Gasteiger partial charge in [0.25, 0.3) is 15.9 Å². The van der Waals surface area contributed by atoms with Crippen LogP contribution in [0.1, 0.15) is 15.9 Å². The highest BCUT2D eigenvalue weighted by molar-refractivity contribution is 7.93. The molecule has 2 aromatic heterocycles. The van der Waals surface area contributed by atoms with Crippen LogP contribution in [0.5, 0.6) is 0 Å². The van der Waals surface area contributed by atoms with Gasteiger partial charge in [-0.15, -0.1) is 11.3 Å². The number of thiazole rings is 1. The number of rotatable bonds is 7. The molecule has 0 aliphatic rings. The molecule has 0 saturated heterocycles. The Bertz CT molecular complexity index is 1240. The summed E-state index contributed by atoms with van der Waals surface area (Å²) in [5, 5.41) is 8.93. The molecule has 0 bridgehead atoms. The summed E-state index contributed by atoms with van der Waals surface area (Å²) in [4.78, 5) is 16.5. The minimum Gasteiger partial charge on any atom is -0.322 e. The molecule has 2 heterocycles. The van der Waals surface area contributed by atoms with Gasteiger partial charge < -0.3 is 5.32 Å². The second-order valence-electron chi connectivity index (χ2n) is 6.33. The van der Waals surface area contributed by atoms with E-state index in [4.69, 9.17) is 0 Å². The first-order valence-corrected chi connectivity index (χ1v) is 11.3. The van der Waals surface area contributed by atoms with Gasteiger partial charge in [0.1, 0.15) is 0 Å². The molecule has 0 aliphatic heterocycles. The highest BCUT2D eigenvalue weighted by Gasteiger charge is 2.16. The van der Waals surface area contributed by atoms with Crippen molar-refractivity contribution in [1.29, 1.82) is 0 Å². The highest BCUT2D eigenvalue weighted by Crippen LogP contribution is 2.20. The zero-order valence-corrected chi connectivity index (χ0v) is 17.2. The molecule has 2 aromatic carbocycles. The second-order valence-corrected chi connectivity index (χ2v) is 8.91. The smallest absolute Gasteiger partial charge is 0.263 e. The molecule has 4 rings (SSSR count). The number of carbonyl (C=O) groups excluding carboxylic acids is 1. The third-order valence-corrected chi connectivity index (χ3v) is 6.33. The summed E-state index contributed by atoms with van der Waals surface area (Å²) < 4.78 is 28.8. The summed E-state index contributed by atoms with van der Waals surface area (Å²) >= 11 is 1.19. The predicted octanol–water partition coefficient (Wildman–Crippen LogP) is 3.44. The van der Waals surface area contributed by atoms with Crippen molar-refractivity contribution in [3.63, 3.8) is 0 Å². The number of aromatic nitrogens is 3. The maximum Gasteiger partial charge on any atom is 0.263 e. The predicted molar refractivity (Wildman–Crippen MR) is 115 cm³/mol. The molecule has 8 nitrogen and oxygen atoms in total. The van der Waals surface area contributed by atoms with E-state index in [-0.39, 0.29) is 10.8 Å². The van der Waals surface area contributed by atoms with Gasteiger partial charge >= 0.3 is 0 Å². The van der Waals surface area contributed by atoms with Gasteiger partial charge in [0.15, 0.2) is 5.13 Å². The number of benzene rings is 2. The van der Waals surface area contributed by atoms with Gasteiger partial charge in [-0.2, -0.15) is 5.10 Å². The van der Waals surface area contributed by atoms with Crippen LogP contribution >= 0.6 is 11.3 Å². The summed E-state index contributed by atoms with van der Waals surface area (Å²) in [5.41, 5.74) is 1.97. The van der Waals surface area contributed by atoms with Gasteiger partial charge in [0.2, 0.25) is 0 Å². The number of carbonyl (C=O) groups is 1. The Morgan fingerprint density at radius 1 is 1.07 bits per heavy atom. The van der Waals surface area contributed by atoms with Crippen molar-refractivity contribution >= 4 is 38.1 Å². The van der Waals surface area contributed by atoms with E-state index in [1.807, 2.05) is 30.3 Å². The standard InChI is InChI=1S/C20H17N5O3S2/c26-19(16-12-22-25(14-16)13-15-4-2-1-3-5-15)23-17-6-8-18(9-7-17)30(27,28)24-20-21-10-11-29-20/h1-12,14H,13H2,(H,21,24)(H,23,26). The Labute approximate surface area is 177 Å². The van der Waals surface area contributed by atoms with Crippen LogP contribution in [0.4, 0.5) is 10.8 Å². The van der Waals surface area contributed by atoms with E-state index < -0.39 is 10.0 Å². The lowest BCUT2D eigenvalue weighted by atomic mass is 10.2. The van der Waals surface area contributed by atoms with Crippen molar-refractivity contribution in [3.8, 4) is 0 Å². The fraction of sp³-hybridized carbons (Fsp3) is 0.0500. The van der Waals surface area contributed by atoms with Gasteiger partial charge in [-0.3, -0.25) is 14.2 Å². The number of amides is 1. The first kappa shape index (κ1) is 19.8. The van der Waals surface area contributed by atoms with E-state index in [1.54, 1.807) is 16.3 Å². The van der Waals surface area contributed by atoms with E-state index in [0.29, 0.717) is 22.9 Å². The third kappa shape index (κ3) is 4.73. The van der Waals surface area contributed by atoms with Crippen molar-refractivity contribution in [2.75, 3.05) is 10.0 Å². The van der Waals surface area contributed by atoms with Crippen LogP contribution in [0, 0.1) is 0 Å². The monoisotopic (exact) mass is 439 g/mol. The van der Waals surface area contributed by atoms with Crippen molar-refractivity contribution in [1.82, 2.24) is 14.8 Å². The maximum atomic E-state index is 12.5. The zero-order chi connectivity index (χ0) is 21.0. The first-order chi connectivity index (χ1) is 14.5. The lowest BCUT2D eigenvalue weighted by Crippen LogP contribution is -2.14. The Morgan fingerprint density at radius 2 is 1.83 bits per heavy atom. The van der Waals surface area contributed by atoms with Crippen LogP contribution in [0.3, 0.4) is 0 Å². The number of anilines is 2. The summed E-state index contributed by atoms with van der Waals surface area (Å²) in [5.74, 6) is -0.328. The van der Waals surface area contributed by atoms with Gasteiger partial charge in [0.05, 0.1) is 23.2 Å². The SMILES string of the molecule is O=C(Nc1ccc(S(=O)(=O)Nc2nccs2)cc1)c1cnn(Cc2ccccc2)c1. The summed E-state index contributed by atoms with van der Waals surface area (Å²) in [7, 11) is -3.74. The maximum absolute atomic E-state index is 12.5. The fourth-order valence-corrected chi connectivity index (χ4v) is 4.49. The molecule has 1 amide bonds. The Hall–Kier alpha value is -3.50. The minimum absolute atomic E-state index is 0.0754. The van der Waals surface area contributed by atoms with Crippen LogP contribution in [-0.2, 0) is 16.6 Å². The van der Waals surface area contributed by atoms with E-state index >= 15 is 0 Å². The summed E-state index contributed by atoms with van der Waals surface area (Å²) in [6, 6.07) is 15.7. The van der Waals surface area contributed by atoms with Crippen LogP contribution in [0.25, 0.3) is 0 Å². The molecule has 10 heteroatoms. The van der Waals surface area contributed by atoms with Gasteiger partial charge in [-0.25, -0.2) is 13.4 Å². The molecule has 2 N–H and O–H groups in total. The summed E-state index contributed by atoms with van der Waals surface area (Å²) in [6.45, 7) is 0.562. The average Bonchev–Trinajstić information content (AvgIpc) is 3.41. The lowest BCUT2D eigenvalue weighted by molar-refractivity contribution is 0.102. The molecular formula is C20H17N5O3S2. The Balaban J connectivity index is 1.40. The van der Waals surface area contributed by atoms with E-state index in [1.165, 1.54) is 48.0 Å². The Kier molecular flexibility index (Phi) is 5.59. The molecule has 0 fully saturated rings. The molecule has 30 heavy (non-hydrogen) atoms. The van der Waals surface area contributed by atoms with Crippen LogP contribution in [0.2, 0.25) is 0 Å². The molecule has 0 aliphatic carbocycles. The quantitative estimate of drug-likeness (QED) is 0.459. The van der Waals surface area contributed by atoms with Crippen LogP contribution in [-0.4, -0.2) is 29.1 Å². The molecule has 0 radical (unpaired) electrons. The molecule has 4 aromatic rings. The second kappa shape index (κ2) is 8.47. The van der Waals surface area contributed by atoms with Gasteiger partial charge in [-0.05, 0) is 29.8 Å². The van der Waals surface area contributed by atoms with E-state index in [9.17, 15) is 13.2 Å². The topological polar surface area (TPSA) is 106 Å². The molecule has 0 saturated carbocycles. The third-order valence-electron chi connectivity index (χ3n) is 4.16. The number of hydrogen-bond donors (Lipinski definition) is 2. The first-order valence-electron chi connectivity index (χ1n) is 8.90.